The van der Waals surface area contributed by atoms with E-state index in [1.165, 1.54) is 13.8 Å². The Bertz CT molecular complexity index is 4600. The van der Waals surface area contributed by atoms with E-state index in [0.29, 0.717) is 132 Å². The van der Waals surface area contributed by atoms with Crippen LogP contribution in [0.15, 0.2) is 204 Å². The Balaban J connectivity index is 0.825. The third-order valence-electron chi connectivity index (χ3n) is 16.2. The zero-order valence-corrected chi connectivity index (χ0v) is 51.8. The second kappa shape index (κ2) is 27.4. The van der Waals surface area contributed by atoms with Crippen LogP contribution >= 0.6 is 0 Å². The Morgan fingerprint density at radius 3 is 1.12 bits per heavy atom. The van der Waals surface area contributed by atoms with E-state index in [1.807, 2.05) is 208 Å². The molecule has 0 aliphatic carbocycles. The largest absolute Gasteiger partial charge is 0.496 e. The fraction of sp³-hybridized carbons (Fsp3) is 0.184. The van der Waals surface area contributed by atoms with Crippen molar-refractivity contribution in [2.75, 3.05) is 53.9 Å². The SMILES string of the molecule is CCOc1ccc2ccccc2c1C(=O)c1ccc2c(c1)c1cc(/C(=N/OC(C)=O)c3ccccc3OC)ccc1n2CCOCCOCCn1c2ccc(C(=O)c3c(OCC)ccc4ccccc34)cc2c2cc(/C(=N/OC(C)=O)c3ccccc3OC)ccc21. The van der Waals surface area contributed by atoms with Crippen LogP contribution in [0.4, 0.5) is 0 Å². The second-order valence-corrected chi connectivity index (χ2v) is 21.7. The number of nitrogens with zero attached hydrogens (tertiary/aromatic N) is 4. The molecule has 0 aliphatic rings. The molecule has 0 atom stereocenters. The number of hydrogen-bond acceptors (Lipinski definition) is 14. The van der Waals surface area contributed by atoms with Crippen LogP contribution in [0.25, 0.3) is 65.2 Å². The Hall–Kier alpha value is -10.9. The van der Waals surface area contributed by atoms with E-state index in [1.54, 1.807) is 14.2 Å². The lowest BCUT2D eigenvalue weighted by molar-refractivity contribution is -0.141. The molecule has 12 aromatic rings. The highest BCUT2D eigenvalue weighted by molar-refractivity contribution is 6.24. The highest BCUT2D eigenvalue weighted by Gasteiger charge is 2.25. The Morgan fingerprint density at radius 1 is 0.380 bits per heavy atom. The van der Waals surface area contributed by atoms with Crippen LogP contribution in [0.5, 0.6) is 23.0 Å². The molecule has 16 heteroatoms. The molecule has 0 radical (unpaired) electrons. The monoisotopic (exact) mass is 1230 g/mol. The fourth-order valence-electron chi connectivity index (χ4n) is 12.1. The van der Waals surface area contributed by atoms with Gasteiger partial charge in [0.15, 0.2) is 11.6 Å². The molecular weight excluding hydrogens is 1160 g/mol. The van der Waals surface area contributed by atoms with Gasteiger partial charge in [-0.1, -0.05) is 107 Å². The Kier molecular flexibility index (Phi) is 18.3. The number of aromatic nitrogens is 2. The third-order valence-corrected chi connectivity index (χ3v) is 16.2. The van der Waals surface area contributed by atoms with Gasteiger partial charge in [-0.15, -0.1) is 0 Å². The molecule has 462 valence electrons. The summed E-state index contributed by atoms with van der Waals surface area (Å²) >= 11 is 0. The van der Waals surface area contributed by atoms with Crippen molar-refractivity contribution >= 4 is 100 Å². The van der Waals surface area contributed by atoms with E-state index in [-0.39, 0.29) is 11.6 Å². The maximum absolute atomic E-state index is 14.9. The first-order valence-electron chi connectivity index (χ1n) is 30.4. The number of ether oxygens (including phenoxy) is 6. The van der Waals surface area contributed by atoms with Gasteiger partial charge in [0.1, 0.15) is 34.4 Å². The predicted octanol–water partition coefficient (Wildman–Crippen LogP) is 14.8. The van der Waals surface area contributed by atoms with E-state index in [4.69, 9.17) is 38.1 Å². The van der Waals surface area contributed by atoms with Gasteiger partial charge in [0, 0.05) is 104 Å². The summed E-state index contributed by atoms with van der Waals surface area (Å²) in [5.41, 5.74) is 8.77. The molecule has 2 aromatic heterocycles. The van der Waals surface area contributed by atoms with Crippen LogP contribution in [-0.4, -0.2) is 97.9 Å². The molecule has 0 saturated heterocycles. The number of ketones is 2. The maximum Gasteiger partial charge on any atom is 0.332 e. The molecular formula is C76H66N4O12. The first kappa shape index (κ1) is 61.3. The molecule has 0 amide bonds. The minimum Gasteiger partial charge on any atom is -0.496 e. The number of benzene rings is 10. The third kappa shape index (κ3) is 12.3. The summed E-state index contributed by atoms with van der Waals surface area (Å²) in [5.74, 6) is 0.592. The molecule has 10 aromatic carbocycles. The highest BCUT2D eigenvalue weighted by atomic mass is 16.7. The summed E-state index contributed by atoms with van der Waals surface area (Å²) in [5, 5.41) is 15.4. The number of fused-ring (bicyclic) bond motifs is 8. The highest BCUT2D eigenvalue weighted by Crippen LogP contribution is 2.38. The molecule has 2 heterocycles. The molecule has 0 fully saturated rings. The van der Waals surface area contributed by atoms with Gasteiger partial charge in [-0.25, -0.2) is 9.59 Å². The number of carbonyl (C=O) groups excluding carboxylic acids is 4. The van der Waals surface area contributed by atoms with E-state index >= 15 is 0 Å². The van der Waals surface area contributed by atoms with Crippen molar-refractivity contribution in [3.05, 3.63) is 239 Å². The van der Waals surface area contributed by atoms with Crippen LogP contribution < -0.4 is 18.9 Å². The van der Waals surface area contributed by atoms with Crippen molar-refractivity contribution in [1.82, 2.24) is 9.13 Å². The lowest BCUT2D eigenvalue weighted by Gasteiger charge is -2.13. The molecule has 92 heavy (non-hydrogen) atoms. The number of carbonyl (C=O) groups is 4. The standard InChI is InChI=1S/C76H66N4O12/c1-7-89-69-35-29-49-17-9-11-19-55(49)71(69)75(83)53-27-33-65-61(45-53)59-43-51(73(77-91-47(3)81)57-21-13-15-23-67(57)85-5)25-31-63(59)79(65)37-39-87-41-42-88-40-38-80-64-32-26-52(74(78-92-48(4)82)58-22-14-16-24-68(58)86-6)44-60(64)62-46-54(28-34-66(62)80)76(84)72-56-20-12-10-18-50(56)30-36-70(72)90-8-2/h9-36,43-46H,7-8,37-42H2,1-6H3/b77-73-,78-74-. The molecule has 12 rings (SSSR count). The minimum absolute atomic E-state index is 0.178. The van der Waals surface area contributed by atoms with Gasteiger partial charge in [0.25, 0.3) is 0 Å². The first-order valence-corrected chi connectivity index (χ1v) is 30.4. The molecule has 0 spiro atoms. The summed E-state index contributed by atoms with van der Waals surface area (Å²) < 4.78 is 40.6. The zero-order valence-electron chi connectivity index (χ0n) is 51.8. The normalized spacial score (nSPS) is 11.9. The Labute approximate surface area is 530 Å². The van der Waals surface area contributed by atoms with Gasteiger partial charge >= 0.3 is 11.9 Å². The molecule has 16 nitrogen and oxygen atoms in total. The minimum atomic E-state index is -0.577. The van der Waals surface area contributed by atoms with Crippen LogP contribution in [-0.2, 0) is 41.8 Å². The van der Waals surface area contributed by atoms with Crippen molar-refractivity contribution in [3.63, 3.8) is 0 Å². The van der Waals surface area contributed by atoms with Crippen molar-refractivity contribution in [1.29, 1.82) is 0 Å². The van der Waals surface area contributed by atoms with Gasteiger partial charge in [0.05, 0.1) is 65.0 Å². The van der Waals surface area contributed by atoms with Gasteiger partial charge in [-0.05, 0) is 132 Å². The zero-order chi connectivity index (χ0) is 63.8. The first-order chi connectivity index (χ1) is 45.0. The van der Waals surface area contributed by atoms with Gasteiger partial charge in [-0.2, -0.15) is 0 Å². The lowest BCUT2D eigenvalue weighted by Crippen LogP contribution is -2.12. The quantitative estimate of drug-likeness (QED) is 0.0174. The summed E-state index contributed by atoms with van der Waals surface area (Å²) in [6.07, 6.45) is 0. The summed E-state index contributed by atoms with van der Waals surface area (Å²) in [6, 6.07) is 61.3. The summed E-state index contributed by atoms with van der Waals surface area (Å²) in [6.45, 7) is 9.34. The maximum atomic E-state index is 14.9. The lowest BCUT2D eigenvalue weighted by atomic mass is 9.95. The molecule has 0 aliphatic heterocycles. The number of oxime groups is 2. The number of para-hydroxylation sites is 2. The van der Waals surface area contributed by atoms with E-state index < -0.39 is 11.9 Å². The van der Waals surface area contributed by atoms with Gasteiger partial charge in [-0.3, -0.25) is 9.59 Å². The van der Waals surface area contributed by atoms with Crippen molar-refractivity contribution in [2.24, 2.45) is 10.3 Å². The topological polar surface area (TPSA) is 177 Å². The smallest absolute Gasteiger partial charge is 0.332 e. The summed E-state index contributed by atoms with van der Waals surface area (Å²) in [4.78, 5) is 64.7. The fourth-order valence-corrected chi connectivity index (χ4v) is 12.1. The van der Waals surface area contributed by atoms with Crippen LogP contribution in [0.3, 0.4) is 0 Å². The van der Waals surface area contributed by atoms with Crippen LogP contribution in [0.1, 0.15) is 81.8 Å². The van der Waals surface area contributed by atoms with Crippen molar-refractivity contribution in [2.45, 2.75) is 40.8 Å². The second-order valence-electron chi connectivity index (χ2n) is 21.7. The molecule has 0 unspecified atom stereocenters. The number of hydrogen-bond donors (Lipinski definition) is 0. The average Bonchev–Trinajstić information content (AvgIpc) is 1.58. The van der Waals surface area contributed by atoms with E-state index in [9.17, 15) is 19.2 Å². The molecule has 0 N–H and O–H groups in total. The van der Waals surface area contributed by atoms with Crippen LogP contribution in [0.2, 0.25) is 0 Å². The van der Waals surface area contributed by atoms with Crippen LogP contribution in [0, 0.1) is 0 Å². The van der Waals surface area contributed by atoms with Crippen molar-refractivity contribution < 1.29 is 57.3 Å². The van der Waals surface area contributed by atoms with Crippen molar-refractivity contribution in [3.8, 4) is 23.0 Å². The average molecular weight is 1230 g/mol. The number of methoxy groups -OCH3 is 2. The number of rotatable bonds is 25. The van der Waals surface area contributed by atoms with E-state index in [0.717, 1.165) is 65.2 Å². The molecule has 0 bridgehead atoms. The predicted molar refractivity (Wildman–Crippen MR) is 358 cm³/mol. The van der Waals surface area contributed by atoms with Gasteiger partial charge in [0.2, 0.25) is 0 Å². The summed E-state index contributed by atoms with van der Waals surface area (Å²) in [7, 11) is 3.15. The van der Waals surface area contributed by atoms with E-state index in [2.05, 4.69) is 19.4 Å². The van der Waals surface area contributed by atoms with Gasteiger partial charge < -0.3 is 47.2 Å². The molecule has 0 saturated carbocycles. The Morgan fingerprint density at radius 2 is 0.739 bits per heavy atom.